The predicted molar refractivity (Wildman–Crippen MR) is 39.4 cm³/mol. The average Bonchev–Trinajstić information content (AvgIpc) is 2.38. The van der Waals surface area contributed by atoms with E-state index in [1.54, 1.807) is 6.20 Å². The fourth-order valence-corrected chi connectivity index (χ4v) is 0.865. The lowest BCUT2D eigenvalue weighted by molar-refractivity contribution is 0.166. The van der Waals surface area contributed by atoms with Crippen molar-refractivity contribution in [2.75, 3.05) is 6.54 Å². The van der Waals surface area contributed by atoms with Gasteiger partial charge in [-0.05, 0) is 25.1 Å². The molecule has 0 aliphatic heterocycles. The molecule has 1 atom stereocenters. The molecule has 1 rings (SSSR count). The minimum absolute atomic E-state index is 0.431. The maximum atomic E-state index is 9.30. The molecule has 0 radical (unpaired) electrons. The molecule has 0 aliphatic rings. The number of H-pyrrole nitrogens is 1. The van der Waals surface area contributed by atoms with E-state index in [4.69, 9.17) is 5.73 Å². The van der Waals surface area contributed by atoms with Crippen LogP contribution in [0.2, 0.25) is 0 Å². The summed E-state index contributed by atoms with van der Waals surface area (Å²) < 4.78 is 0. The standard InChI is InChI=1S/C7H12N2O/c8-4-3-7(10)6-2-1-5-9-6/h1-2,5,7,9-10H,3-4,8H2/t7-/m1/s1. The first-order chi connectivity index (χ1) is 4.84. The highest BCUT2D eigenvalue weighted by Crippen LogP contribution is 2.11. The SMILES string of the molecule is NCC[C@@H](O)c1ccc[nH]1. The molecule has 0 bridgehead atoms. The molecule has 0 aliphatic carbocycles. The summed E-state index contributed by atoms with van der Waals surface area (Å²) in [7, 11) is 0. The number of aliphatic hydroxyl groups is 1. The molecule has 0 aromatic carbocycles. The van der Waals surface area contributed by atoms with E-state index in [1.807, 2.05) is 12.1 Å². The molecule has 10 heavy (non-hydrogen) atoms. The molecule has 56 valence electrons. The Morgan fingerprint density at radius 2 is 2.50 bits per heavy atom. The number of aromatic amines is 1. The number of hydrogen-bond donors (Lipinski definition) is 3. The number of nitrogens with one attached hydrogen (secondary N) is 1. The lowest BCUT2D eigenvalue weighted by Gasteiger charge is -2.05. The molecular formula is C7H12N2O. The summed E-state index contributed by atoms with van der Waals surface area (Å²) in [5.41, 5.74) is 6.10. The van der Waals surface area contributed by atoms with Gasteiger partial charge in [-0.2, -0.15) is 0 Å². The third-order valence-corrected chi connectivity index (χ3v) is 1.42. The first-order valence-corrected chi connectivity index (χ1v) is 3.36. The monoisotopic (exact) mass is 140 g/mol. The fourth-order valence-electron chi connectivity index (χ4n) is 0.865. The zero-order valence-electron chi connectivity index (χ0n) is 5.75. The van der Waals surface area contributed by atoms with E-state index in [-0.39, 0.29) is 0 Å². The molecule has 0 spiro atoms. The zero-order valence-corrected chi connectivity index (χ0v) is 5.75. The molecule has 1 aromatic rings. The van der Waals surface area contributed by atoms with Crippen LogP contribution in [0.5, 0.6) is 0 Å². The molecule has 3 nitrogen and oxygen atoms in total. The molecule has 1 heterocycles. The van der Waals surface area contributed by atoms with E-state index in [1.165, 1.54) is 0 Å². The van der Waals surface area contributed by atoms with E-state index in [0.717, 1.165) is 5.69 Å². The first kappa shape index (κ1) is 7.31. The molecule has 1 aromatic heterocycles. The van der Waals surface area contributed by atoms with Gasteiger partial charge < -0.3 is 15.8 Å². The predicted octanol–water partition coefficient (Wildman–Crippen LogP) is 0.397. The van der Waals surface area contributed by atoms with Crippen LogP contribution in [0.25, 0.3) is 0 Å². The van der Waals surface area contributed by atoms with Gasteiger partial charge in [0.2, 0.25) is 0 Å². The van der Waals surface area contributed by atoms with Crippen molar-refractivity contribution in [3.63, 3.8) is 0 Å². The van der Waals surface area contributed by atoms with Crippen LogP contribution in [0.1, 0.15) is 18.2 Å². The highest BCUT2D eigenvalue weighted by molar-refractivity contribution is 5.06. The van der Waals surface area contributed by atoms with Crippen LogP contribution in [0.15, 0.2) is 18.3 Å². The highest BCUT2D eigenvalue weighted by atomic mass is 16.3. The third-order valence-electron chi connectivity index (χ3n) is 1.42. The van der Waals surface area contributed by atoms with Gasteiger partial charge in [-0.3, -0.25) is 0 Å². The molecule has 0 unspecified atom stereocenters. The van der Waals surface area contributed by atoms with Crippen molar-refractivity contribution in [2.24, 2.45) is 5.73 Å². The minimum atomic E-state index is -0.431. The fraction of sp³-hybridized carbons (Fsp3) is 0.429. The summed E-state index contributed by atoms with van der Waals surface area (Å²) in [4.78, 5) is 2.92. The molecule has 0 fully saturated rings. The van der Waals surface area contributed by atoms with Crippen molar-refractivity contribution < 1.29 is 5.11 Å². The molecular weight excluding hydrogens is 128 g/mol. The molecule has 0 saturated carbocycles. The van der Waals surface area contributed by atoms with Crippen molar-refractivity contribution in [1.82, 2.24) is 4.98 Å². The normalized spacial score (nSPS) is 13.4. The lowest BCUT2D eigenvalue weighted by atomic mass is 10.2. The van der Waals surface area contributed by atoms with Crippen LogP contribution >= 0.6 is 0 Å². The number of hydrogen-bond acceptors (Lipinski definition) is 2. The van der Waals surface area contributed by atoms with E-state index < -0.39 is 6.10 Å². The summed E-state index contributed by atoms with van der Waals surface area (Å²) in [5, 5.41) is 9.30. The Balaban J connectivity index is 2.50. The number of aromatic nitrogens is 1. The summed E-state index contributed by atoms with van der Waals surface area (Å²) in [6.07, 6.45) is 1.97. The molecule has 3 heteroatoms. The molecule has 0 saturated heterocycles. The van der Waals surface area contributed by atoms with Crippen LogP contribution in [-0.4, -0.2) is 16.6 Å². The summed E-state index contributed by atoms with van der Waals surface area (Å²) in [6.45, 7) is 0.514. The van der Waals surface area contributed by atoms with E-state index >= 15 is 0 Å². The van der Waals surface area contributed by atoms with Crippen molar-refractivity contribution in [1.29, 1.82) is 0 Å². The van der Waals surface area contributed by atoms with Gasteiger partial charge in [0.25, 0.3) is 0 Å². The Kier molecular flexibility index (Phi) is 2.48. The van der Waals surface area contributed by atoms with E-state index in [0.29, 0.717) is 13.0 Å². The largest absolute Gasteiger partial charge is 0.387 e. The Morgan fingerprint density at radius 1 is 1.70 bits per heavy atom. The van der Waals surface area contributed by atoms with Crippen molar-refractivity contribution in [3.05, 3.63) is 24.0 Å². The second-order valence-electron chi connectivity index (χ2n) is 2.22. The summed E-state index contributed by atoms with van der Waals surface area (Å²) in [5.74, 6) is 0. The van der Waals surface area contributed by atoms with Crippen LogP contribution in [0, 0.1) is 0 Å². The summed E-state index contributed by atoms with van der Waals surface area (Å²) >= 11 is 0. The van der Waals surface area contributed by atoms with Crippen molar-refractivity contribution >= 4 is 0 Å². The van der Waals surface area contributed by atoms with Gasteiger partial charge in [-0.1, -0.05) is 0 Å². The smallest absolute Gasteiger partial charge is 0.0949 e. The quantitative estimate of drug-likeness (QED) is 0.569. The number of aliphatic hydroxyl groups excluding tert-OH is 1. The number of rotatable bonds is 3. The van der Waals surface area contributed by atoms with Gasteiger partial charge in [-0.15, -0.1) is 0 Å². The zero-order chi connectivity index (χ0) is 7.40. The maximum absolute atomic E-state index is 9.30. The summed E-state index contributed by atoms with van der Waals surface area (Å²) in [6, 6.07) is 3.70. The van der Waals surface area contributed by atoms with Gasteiger partial charge in [-0.25, -0.2) is 0 Å². The van der Waals surface area contributed by atoms with Gasteiger partial charge in [0.15, 0.2) is 0 Å². The van der Waals surface area contributed by atoms with Crippen LogP contribution < -0.4 is 5.73 Å². The Bertz CT molecular complexity index is 172. The average molecular weight is 140 g/mol. The molecule has 4 N–H and O–H groups in total. The van der Waals surface area contributed by atoms with E-state index in [9.17, 15) is 5.11 Å². The Hall–Kier alpha value is -0.800. The number of nitrogens with two attached hydrogens (primary N) is 1. The van der Waals surface area contributed by atoms with Gasteiger partial charge in [0.1, 0.15) is 0 Å². The van der Waals surface area contributed by atoms with Gasteiger partial charge in [0, 0.05) is 11.9 Å². The van der Waals surface area contributed by atoms with Crippen molar-refractivity contribution in [2.45, 2.75) is 12.5 Å². The second kappa shape index (κ2) is 3.39. The van der Waals surface area contributed by atoms with Crippen LogP contribution in [0.4, 0.5) is 0 Å². The Labute approximate surface area is 59.9 Å². The first-order valence-electron chi connectivity index (χ1n) is 3.36. The van der Waals surface area contributed by atoms with Gasteiger partial charge >= 0.3 is 0 Å². The minimum Gasteiger partial charge on any atom is -0.387 e. The highest BCUT2D eigenvalue weighted by Gasteiger charge is 2.04. The third kappa shape index (κ3) is 1.59. The topological polar surface area (TPSA) is 62.0 Å². The van der Waals surface area contributed by atoms with E-state index in [2.05, 4.69) is 4.98 Å². The molecule has 0 amide bonds. The second-order valence-corrected chi connectivity index (χ2v) is 2.22. The maximum Gasteiger partial charge on any atom is 0.0949 e. The lowest BCUT2D eigenvalue weighted by Crippen LogP contribution is -2.06. The van der Waals surface area contributed by atoms with Crippen molar-refractivity contribution in [3.8, 4) is 0 Å². The van der Waals surface area contributed by atoms with Gasteiger partial charge in [0.05, 0.1) is 6.10 Å². The van der Waals surface area contributed by atoms with Crippen LogP contribution in [0.3, 0.4) is 0 Å². The Morgan fingerprint density at radius 3 is 3.00 bits per heavy atom. The van der Waals surface area contributed by atoms with Crippen LogP contribution in [-0.2, 0) is 0 Å².